The van der Waals surface area contributed by atoms with Crippen molar-refractivity contribution in [1.29, 1.82) is 0 Å². The second kappa shape index (κ2) is 6.81. The fraction of sp³-hybridized carbons (Fsp3) is 0.312. The number of nitrogens with one attached hydrogen (secondary N) is 1. The lowest BCUT2D eigenvalue weighted by atomic mass is 10.2. The highest BCUT2D eigenvalue weighted by Gasteiger charge is 2.13. The van der Waals surface area contributed by atoms with Gasteiger partial charge in [0.2, 0.25) is 0 Å². The van der Waals surface area contributed by atoms with Gasteiger partial charge in [-0.15, -0.1) is 0 Å². The average molecular weight is 366 g/mol. The number of hydrogen-bond donors (Lipinski definition) is 2. The summed E-state index contributed by atoms with van der Waals surface area (Å²) < 4.78 is 16.3. The minimum Gasteiger partial charge on any atom is -0.393 e. The van der Waals surface area contributed by atoms with Gasteiger partial charge in [-0.1, -0.05) is 11.6 Å². The van der Waals surface area contributed by atoms with Crippen LogP contribution in [-0.4, -0.2) is 30.3 Å². The molecule has 0 aliphatic carbocycles. The van der Waals surface area contributed by atoms with Crippen LogP contribution in [0.15, 0.2) is 29.2 Å². The van der Waals surface area contributed by atoms with E-state index in [-0.39, 0.29) is 16.5 Å². The Balaban J connectivity index is 1.99. The summed E-state index contributed by atoms with van der Waals surface area (Å²) in [7, 11) is 1.67. The molecule has 1 atom stereocenters. The largest absolute Gasteiger partial charge is 0.393 e. The van der Waals surface area contributed by atoms with Crippen LogP contribution in [0.1, 0.15) is 13.3 Å². The second-order valence-electron chi connectivity index (χ2n) is 5.79. The summed E-state index contributed by atoms with van der Waals surface area (Å²) in [6, 6.07) is 5.29. The van der Waals surface area contributed by atoms with E-state index in [1.165, 1.54) is 10.8 Å². The Morgan fingerprint density at radius 3 is 2.88 bits per heavy atom. The van der Waals surface area contributed by atoms with Gasteiger partial charge in [-0.2, -0.15) is 9.37 Å². The van der Waals surface area contributed by atoms with Crippen LogP contribution in [0, 0.1) is 6.08 Å². The Bertz CT molecular complexity index is 983. The van der Waals surface area contributed by atoms with Gasteiger partial charge < -0.3 is 10.4 Å². The van der Waals surface area contributed by atoms with Gasteiger partial charge >= 0.3 is 11.8 Å². The smallest absolute Gasteiger partial charge is 0.328 e. The summed E-state index contributed by atoms with van der Waals surface area (Å²) in [5, 5.41) is 12.6. The maximum absolute atomic E-state index is 13.2. The summed E-state index contributed by atoms with van der Waals surface area (Å²) in [6.45, 7) is 2.10. The van der Waals surface area contributed by atoms with Crippen LogP contribution in [-0.2, 0) is 13.6 Å². The molecule has 1 aromatic carbocycles. The lowest BCUT2D eigenvalue weighted by Crippen LogP contribution is -2.23. The van der Waals surface area contributed by atoms with E-state index in [0.29, 0.717) is 24.2 Å². The van der Waals surface area contributed by atoms with Crippen LogP contribution in [0.5, 0.6) is 0 Å². The summed E-state index contributed by atoms with van der Waals surface area (Å²) in [5.41, 5.74) is 1.89. The molecular weight excluding hydrogens is 349 g/mol. The van der Waals surface area contributed by atoms with Gasteiger partial charge in [-0.3, -0.25) is 9.13 Å². The molecule has 0 spiro atoms. The van der Waals surface area contributed by atoms with Crippen molar-refractivity contribution in [2.45, 2.75) is 26.0 Å². The number of aromatic nitrogens is 4. The number of aliphatic hydroxyl groups excluding tert-OH is 1. The lowest BCUT2D eigenvalue weighted by Gasteiger charge is -2.08. The molecule has 7 nitrogen and oxygen atoms in total. The molecule has 0 saturated heterocycles. The molecule has 3 aromatic rings. The molecule has 132 valence electrons. The maximum atomic E-state index is 13.2. The number of hydrogen-bond acceptors (Lipinski definition) is 5. The highest BCUT2D eigenvalue weighted by Crippen LogP contribution is 2.25. The first-order valence-corrected chi connectivity index (χ1v) is 8.07. The molecule has 0 aliphatic rings. The Hall–Kier alpha value is -2.45. The zero-order chi connectivity index (χ0) is 18.1. The zero-order valence-corrected chi connectivity index (χ0v) is 14.5. The van der Waals surface area contributed by atoms with Crippen LogP contribution < -0.4 is 11.0 Å². The van der Waals surface area contributed by atoms with Crippen molar-refractivity contribution in [2.24, 2.45) is 7.05 Å². The van der Waals surface area contributed by atoms with Crippen molar-refractivity contribution < 1.29 is 9.50 Å². The summed E-state index contributed by atoms with van der Waals surface area (Å²) in [4.78, 5) is 19.4. The normalized spacial score (nSPS) is 12.5. The molecule has 2 N–H and O–H groups in total. The quantitative estimate of drug-likeness (QED) is 0.678. The van der Waals surface area contributed by atoms with E-state index >= 15 is 0 Å². The van der Waals surface area contributed by atoms with Gasteiger partial charge in [0.15, 0.2) is 5.82 Å². The molecule has 3 rings (SSSR count). The molecule has 0 bridgehead atoms. The molecule has 0 aliphatic heterocycles. The molecule has 9 heteroatoms. The SMILES string of the molecule is C[C@@H](O)CCn1c(=O)n(C)c2cc(Nc3nc(F)ncc3Cl)ccc21. The van der Waals surface area contributed by atoms with E-state index in [4.69, 9.17) is 11.6 Å². The fourth-order valence-electron chi connectivity index (χ4n) is 2.59. The summed E-state index contributed by atoms with van der Waals surface area (Å²) >= 11 is 5.96. The van der Waals surface area contributed by atoms with Gasteiger partial charge in [0.25, 0.3) is 0 Å². The second-order valence-corrected chi connectivity index (χ2v) is 6.20. The molecule has 25 heavy (non-hydrogen) atoms. The Kier molecular flexibility index (Phi) is 4.73. The predicted octanol–water partition coefficient (Wildman–Crippen LogP) is 2.44. The van der Waals surface area contributed by atoms with E-state index in [0.717, 1.165) is 5.52 Å². The number of imidazole rings is 1. The average Bonchev–Trinajstić information content (AvgIpc) is 2.80. The van der Waals surface area contributed by atoms with Gasteiger partial charge in [0, 0.05) is 19.3 Å². The van der Waals surface area contributed by atoms with E-state index in [1.807, 2.05) is 0 Å². The predicted molar refractivity (Wildman–Crippen MR) is 93.8 cm³/mol. The van der Waals surface area contributed by atoms with Crippen molar-refractivity contribution in [3.05, 3.63) is 46.0 Å². The summed E-state index contributed by atoms with van der Waals surface area (Å²) in [6.07, 6.45) is 0.282. The number of halogens is 2. The molecule has 2 aromatic heterocycles. The minimum absolute atomic E-state index is 0.145. The van der Waals surface area contributed by atoms with Crippen molar-refractivity contribution in [1.82, 2.24) is 19.1 Å². The van der Waals surface area contributed by atoms with Crippen molar-refractivity contribution in [3.63, 3.8) is 0 Å². The van der Waals surface area contributed by atoms with Crippen molar-refractivity contribution in [2.75, 3.05) is 5.32 Å². The van der Waals surface area contributed by atoms with Crippen LogP contribution in [0.3, 0.4) is 0 Å². The van der Waals surface area contributed by atoms with E-state index in [9.17, 15) is 14.3 Å². The third-order valence-electron chi connectivity index (χ3n) is 3.89. The number of nitrogens with zero attached hydrogens (tertiary/aromatic N) is 4. The number of benzene rings is 1. The molecule has 0 amide bonds. The minimum atomic E-state index is -0.885. The highest BCUT2D eigenvalue weighted by atomic mass is 35.5. The first-order chi connectivity index (χ1) is 11.9. The van der Waals surface area contributed by atoms with Gasteiger partial charge in [0.1, 0.15) is 5.02 Å². The molecule has 0 saturated carbocycles. The molecule has 0 radical (unpaired) electrons. The number of rotatable bonds is 5. The number of aliphatic hydroxyl groups is 1. The van der Waals surface area contributed by atoms with Crippen LogP contribution in [0.25, 0.3) is 11.0 Å². The third kappa shape index (κ3) is 3.49. The topological polar surface area (TPSA) is 85.0 Å². The lowest BCUT2D eigenvalue weighted by molar-refractivity contribution is 0.178. The number of fused-ring (bicyclic) bond motifs is 1. The number of aryl methyl sites for hydroxylation is 2. The number of anilines is 2. The molecule has 2 heterocycles. The van der Waals surface area contributed by atoms with Crippen LogP contribution in [0.4, 0.5) is 15.9 Å². The maximum Gasteiger partial charge on any atom is 0.328 e. The highest BCUT2D eigenvalue weighted by molar-refractivity contribution is 6.32. The fourth-order valence-corrected chi connectivity index (χ4v) is 2.73. The van der Waals surface area contributed by atoms with Crippen molar-refractivity contribution >= 4 is 34.1 Å². The zero-order valence-electron chi connectivity index (χ0n) is 13.7. The first-order valence-electron chi connectivity index (χ1n) is 7.69. The van der Waals surface area contributed by atoms with Crippen molar-refractivity contribution in [3.8, 4) is 0 Å². The monoisotopic (exact) mass is 365 g/mol. The van der Waals surface area contributed by atoms with Crippen LogP contribution in [0.2, 0.25) is 5.02 Å². The molecule has 0 unspecified atom stereocenters. The van der Waals surface area contributed by atoms with Gasteiger partial charge in [-0.05, 0) is 31.5 Å². The first kappa shape index (κ1) is 17.4. The Morgan fingerprint density at radius 2 is 2.16 bits per heavy atom. The van der Waals surface area contributed by atoms with Gasteiger partial charge in [-0.25, -0.2) is 9.78 Å². The standard InChI is InChI=1S/C16H17ClFN5O2/c1-9(24)5-6-23-12-4-3-10(7-13(12)22(2)16(23)25)20-14-11(17)8-19-15(18)21-14/h3-4,7-9,24H,5-6H2,1-2H3,(H,19,20,21)/t9-/m1/s1. The van der Waals surface area contributed by atoms with E-state index in [1.54, 1.807) is 36.7 Å². The third-order valence-corrected chi connectivity index (χ3v) is 4.17. The van der Waals surface area contributed by atoms with Gasteiger partial charge in [0.05, 0.1) is 23.3 Å². The Labute approximate surface area is 147 Å². The Morgan fingerprint density at radius 1 is 1.40 bits per heavy atom. The molecular formula is C16H17ClFN5O2. The van der Waals surface area contributed by atoms with E-state index < -0.39 is 12.2 Å². The van der Waals surface area contributed by atoms with Crippen LogP contribution >= 0.6 is 11.6 Å². The van der Waals surface area contributed by atoms with E-state index in [2.05, 4.69) is 15.3 Å². The summed E-state index contributed by atoms with van der Waals surface area (Å²) in [5.74, 6) is 0.145. The molecule has 0 fully saturated rings.